The van der Waals surface area contributed by atoms with Crippen molar-refractivity contribution >= 4 is 46.4 Å². The molecule has 19 heavy (non-hydrogen) atoms. The predicted molar refractivity (Wildman–Crippen MR) is 79.1 cm³/mol. The minimum atomic E-state index is -0.566. The second-order valence-electron chi connectivity index (χ2n) is 3.73. The molecule has 4 nitrogen and oxygen atoms in total. The average molecular weight is 314 g/mol. The van der Waals surface area contributed by atoms with Gasteiger partial charge in [0.25, 0.3) is 0 Å². The van der Waals surface area contributed by atoms with Gasteiger partial charge in [-0.2, -0.15) is 0 Å². The molecular formula is C12H9Cl2N3OS. The van der Waals surface area contributed by atoms with Crippen molar-refractivity contribution in [3.63, 3.8) is 0 Å². The minimum Gasteiger partial charge on any atom is -0.360 e. The summed E-state index contributed by atoms with van der Waals surface area (Å²) in [6, 6.07) is 6.94. The van der Waals surface area contributed by atoms with Gasteiger partial charge in [-0.25, -0.2) is 4.99 Å². The summed E-state index contributed by atoms with van der Waals surface area (Å²) in [6.07, 6.45) is -0.566. The molecule has 1 atom stereocenters. The Morgan fingerprint density at radius 2 is 2.11 bits per heavy atom. The number of isothiocyanates is 1. The zero-order chi connectivity index (χ0) is 13.8. The Hall–Kier alpha value is -1.39. The highest BCUT2D eigenvalue weighted by atomic mass is 35.5. The van der Waals surface area contributed by atoms with Gasteiger partial charge in [-0.3, -0.25) is 0 Å². The molecule has 1 N–H and O–H groups in total. The van der Waals surface area contributed by atoms with Crippen LogP contribution in [0.2, 0.25) is 10.0 Å². The molecule has 7 heteroatoms. The number of aliphatic imine (C=N–C) groups is 1. The van der Waals surface area contributed by atoms with Crippen LogP contribution in [0.3, 0.4) is 0 Å². The summed E-state index contributed by atoms with van der Waals surface area (Å²) in [5.74, 6) is 1.20. The Kier molecular flexibility index (Phi) is 4.56. The molecule has 1 aromatic heterocycles. The lowest BCUT2D eigenvalue weighted by atomic mass is 10.1. The molecule has 2 aromatic rings. The summed E-state index contributed by atoms with van der Waals surface area (Å²) in [5, 5.41) is 10.1. The molecule has 0 aliphatic carbocycles. The number of rotatable bonds is 4. The molecule has 1 heterocycles. The number of nitrogens with zero attached hydrogens (tertiary/aromatic N) is 2. The van der Waals surface area contributed by atoms with Crippen molar-refractivity contribution in [1.82, 2.24) is 5.16 Å². The molecule has 0 saturated heterocycles. The van der Waals surface area contributed by atoms with E-state index in [2.05, 4.69) is 32.8 Å². The van der Waals surface area contributed by atoms with Gasteiger partial charge >= 0.3 is 0 Å². The number of aromatic nitrogens is 1. The summed E-state index contributed by atoms with van der Waals surface area (Å²) in [7, 11) is 0. The lowest BCUT2D eigenvalue weighted by Gasteiger charge is -2.15. The monoisotopic (exact) mass is 313 g/mol. The van der Waals surface area contributed by atoms with Crippen LogP contribution in [0, 0.1) is 6.92 Å². The Labute approximate surface area is 125 Å². The first-order chi connectivity index (χ1) is 9.11. The molecule has 1 aromatic carbocycles. The Balaban J connectivity index is 2.37. The summed E-state index contributed by atoms with van der Waals surface area (Å²) >= 11 is 16.9. The third-order valence-electron chi connectivity index (χ3n) is 2.37. The van der Waals surface area contributed by atoms with E-state index in [1.54, 1.807) is 31.2 Å². The van der Waals surface area contributed by atoms with Crippen LogP contribution in [0.1, 0.15) is 17.5 Å². The first-order valence-corrected chi connectivity index (χ1v) is 6.49. The summed E-state index contributed by atoms with van der Waals surface area (Å²) in [6.45, 7) is 1.79. The highest BCUT2D eigenvalue weighted by Crippen LogP contribution is 2.32. The third-order valence-corrected chi connectivity index (χ3v) is 3.13. The molecular weight excluding hydrogens is 305 g/mol. The van der Waals surface area contributed by atoms with Gasteiger partial charge in [0.15, 0.2) is 12.0 Å². The SMILES string of the molecule is Cc1cc(NC(N=C=S)c2c(Cl)cccc2Cl)no1. The molecule has 2 rings (SSSR count). The largest absolute Gasteiger partial charge is 0.360 e. The number of thiocarbonyl (C=S) groups is 1. The molecule has 0 amide bonds. The van der Waals surface area contributed by atoms with E-state index in [9.17, 15) is 0 Å². The van der Waals surface area contributed by atoms with Crippen molar-refractivity contribution in [3.05, 3.63) is 45.6 Å². The number of nitrogens with one attached hydrogen (secondary N) is 1. The standard InChI is InChI=1S/C12H9Cl2N3OS/c1-7-5-10(17-18-7)16-12(15-6-19)11-8(13)3-2-4-9(11)14/h2-5,12H,1H3,(H,16,17). The first-order valence-electron chi connectivity index (χ1n) is 5.32. The topological polar surface area (TPSA) is 50.4 Å². The van der Waals surface area contributed by atoms with E-state index in [-0.39, 0.29) is 0 Å². The van der Waals surface area contributed by atoms with Gasteiger partial charge in [-0.15, -0.1) is 0 Å². The van der Waals surface area contributed by atoms with Gasteiger partial charge in [-0.05, 0) is 31.3 Å². The van der Waals surface area contributed by atoms with Crippen LogP contribution in [0.4, 0.5) is 5.82 Å². The molecule has 0 aliphatic rings. The van der Waals surface area contributed by atoms with Crippen molar-refractivity contribution in [3.8, 4) is 0 Å². The van der Waals surface area contributed by atoms with Crippen molar-refractivity contribution in [2.75, 3.05) is 5.32 Å². The third kappa shape index (κ3) is 3.33. The molecule has 0 fully saturated rings. The average Bonchev–Trinajstić information content (AvgIpc) is 2.75. The zero-order valence-electron chi connectivity index (χ0n) is 9.85. The van der Waals surface area contributed by atoms with E-state index in [1.807, 2.05) is 0 Å². The van der Waals surface area contributed by atoms with Gasteiger partial charge in [-0.1, -0.05) is 34.4 Å². The highest BCUT2D eigenvalue weighted by molar-refractivity contribution is 7.78. The quantitative estimate of drug-likeness (QED) is 0.666. The van der Waals surface area contributed by atoms with Crippen LogP contribution in [0.5, 0.6) is 0 Å². The van der Waals surface area contributed by atoms with Crippen LogP contribution in [-0.2, 0) is 0 Å². The smallest absolute Gasteiger partial charge is 0.171 e. The fourth-order valence-corrected chi connectivity index (χ4v) is 2.28. The summed E-state index contributed by atoms with van der Waals surface area (Å²) in [4.78, 5) is 4.02. The molecule has 0 saturated carbocycles. The van der Waals surface area contributed by atoms with Crippen LogP contribution in [0.25, 0.3) is 0 Å². The van der Waals surface area contributed by atoms with Crippen LogP contribution in [-0.4, -0.2) is 10.3 Å². The Morgan fingerprint density at radius 1 is 1.42 bits per heavy atom. The summed E-state index contributed by atoms with van der Waals surface area (Å²) in [5.41, 5.74) is 0.615. The molecule has 0 bridgehead atoms. The lowest BCUT2D eigenvalue weighted by Crippen LogP contribution is -2.09. The van der Waals surface area contributed by atoms with Gasteiger partial charge in [0.1, 0.15) is 5.76 Å². The van der Waals surface area contributed by atoms with Crippen molar-refractivity contribution in [2.24, 2.45) is 4.99 Å². The van der Waals surface area contributed by atoms with Crippen molar-refractivity contribution in [2.45, 2.75) is 13.1 Å². The number of hydrogen-bond acceptors (Lipinski definition) is 5. The maximum atomic E-state index is 6.14. The fourth-order valence-electron chi connectivity index (χ4n) is 1.57. The Bertz CT molecular complexity index is 617. The molecule has 0 radical (unpaired) electrons. The lowest BCUT2D eigenvalue weighted by molar-refractivity contribution is 0.399. The van der Waals surface area contributed by atoms with Gasteiger partial charge in [0.05, 0.1) is 5.16 Å². The van der Waals surface area contributed by atoms with Crippen molar-refractivity contribution in [1.29, 1.82) is 0 Å². The van der Waals surface area contributed by atoms with Gasteiger partial charge < -0.3 is 9.84 Å². The van der Waals surface area contributed by atoms with Gasteiger partial charge in [0.2, 0.25) is 0 Å². The van der Waals surface area contributed by atoms with Gasteiger partial charge in [0, 0.05) is 21.7 Å². The second-order valence-corrected chi connectivity index (χ2v) is 4.72. The van der Waals surface area contributed by atoms with Crippen LogP contribution < -0.4 is 5.32 Å². The number of aryl methyl sites for hydroxylation is 1. The normalized spacial score (nSPS) is 11.7. The van der Waals surface area contributed by atoms with Crippen LogP contribution >= 0.6 is 35.4 Å². The molecule has 0 aliphatic heterocycles. The number of hydrogen-bond donors (Lipinski definition) is 1. The van der Waals surface area contributed by atoms with E-state index in [0.717, 1.165) is 0 Å². The molecule has 1 unspecified atom stereocenters. The van der Waals surface area contributed by atoms with E-state index in [4.69, 9.17) is 27.7 Å². The van der Waals surface area contributed by atoms with E-state index in [0.29, 0.717) is 27.2 Å². The van der Waals surface area contributed by atoms with E-state index in [1.165, 1.54) is 0 Å². The number of benzene rings is 1. The maximum Gasteiger partial charge on any atom is 0.171 e. The molecule has 0 spiro atoms. The summed E-state index contributed by atoms with van der Waals surface area (Å²) < 4.78 is 4.97. The number of anilines is 1. The fraction of sp³-hybridized carbons (Fsp3) is 0.167. The number of halogens is 2. The first kappa shape index (κ1) is 14.0. The van der Waals surface area contributed by atoms with E-state index < -0.39 is 6.17 Å². The second kappa shape index (κ2) is 6.17. The molecule has 98 valence electrons. The zero-order valence-corrected chi connectivity index (χ0v) is 12.2. The van der Waals surface area contributed by atoms with Crippen molar-refractivity contribution < 1.29 is 4.52 Å². The minimum absolute atomic E-state index is 0.485. The maximum absolute atomic E-state index is 6.14. The Morgan fingerprint density at radius 3 is 2.63 bits per heavy atom. The van der Waals surface area contributed by atoms with Crippen LogP contribution in [0.15, 0.2) is 33.8 Å². The van der Waals surface area contributed by atoms with E-state index >= 15 is 0 Å². The highest BCUT2D eigenvalue weighted by Gasteiger charge is 2.18. The predicted octanol–water partition coefficient (Wildman–Crippen LogP) is 4.50.